The van der Waals surface area contributed by atoms with Gasteiger partial charge in [0.1, 0.15) is 0 Å². The van der Waals surface area contributed by atoms with E-state index in [1.54, 1.807) is 0 Å². The van der Waals surface area contributed by atoms with Crippen molar-refractivity contribution in [2.45, 2.75) is 31.3 Å². The van der Waals surface area contributed by atoms with Crippen LogP contribution in [0.3, 0.4) is 0 Å². The third-order valence-electron chi connectivity index (χ3n) is 3.64. The summed E-state index contributed by atoms with van der Waals surface area (Å²) in [6, 6.07) is -0.0358. The van der Waals surface area contributed by atoms with Gasteiger partial charge in [0.25, 0.3) is 10.2 Å². The van der Waals surface area contributed by atoms with E-state index in [-0.39, 0.29) is 12.1 Å². The normalized spacial score (nSPS) is 35.4. The number of likely N-dealkylation sites (tertiary alicyclic amines) is 1. The summed E-state index contributed by atoms with van der Waals surface area (Å²) in [7, 11) is -1.54. The number of nitrogens with zero attached hydrogens (tertiary/aromatic N) is 1. The Hall–Kier alpha value is -0.210. The topological polar surface area (TPSA) is 77.1 Å². The lowest BCUT2D eigenvalue weighted by Crippen LogP contribution is -3.11. The SMILES string of the molecule is C[NH+]1CCCC(N(C2CCOC2)S(N)(=O)=O)C1. The summed E-state index contributed by atoms with van der Waals surface area (Å²) in [5.41, 5.74) is 0. The van der Waals surface area contributed by atoms with Crippen molar-refractivity contribution in [1.29, 1.82) is 0 Å². The fourth-order valence-corrected chi connectivity index (χ4v) is 4.08. The van der Waals surface area contributed by atoms with Crippen molar-refractivity contribution in [2.75, 3.05) is 33.4 Å². The van der Waals surface area contributed by atoms with Gasteiger partial charge >= 0.3 is 0 Å². The zero-order valence-electron chi connectivity index (χ0n) is 10.3. The molecule has 0 amide bonds. The van der Waals surface area contributed by atoms with Crippen LogP contribution in [0.2, 0.25) is 0 Å². The summed E-state index contributed by atoms with van der Waals surface area (Å²) >= 11 is 0. The Bertz CT molecular complexity index is 354. The van der Waals surface area contributed by atoms with Gasteiger partial charge in [-0.2, -0.15) is 12.7 Å². The molecule has 2 fully saturated rings. The molecule has 2 heterocycles. The Morgan fingerprint density at radius 3 is 2.65 bits per heavy atom. The summed E-state index contributed by atoms with van der Waals surface area (Å²) < 4.78 is 30.3. The van der Waals surface area contributed by atoms with Gasteiger partial charge in [0.15, 0.2) is 0 Å². The van der Waals surface area contributed by atoms with E-state index in [0.717, 1.165) is 32.4 Å². The molecule has 0 aliphatic carbocycles. The summed E-state index contributed by atoms with van der Waals surface area (Å²) in [6.07, 6.45) is 2.71. The van der Waals surface area contributed by atoms with Crippen molar-refractivity contribution in [1.82, 2.24) is 4.31 Å². The molecule has 100 valence electrons. The second kappa shape index (κ2) is 5.19. The number of ether oxygens (including phenoxy) is 1. The van der Waals surface area contributed by atoms with E-state index in [1.807, 2.05) is 0 Å². The first-order valence-corrected chi connectivity index (χ1v) is 7.69. The Morgan fingerprint density at radius 1 is 1.35 bits per heavy atom. The highest BCUT2D eigenvalue weighted by molar-refractivity contribution is 7.86. The van der Waals surface area contributed by atoms with Gasteiger partial charge in [-0.15, -0.1) is 0 Å². The second-order valence-corrected chi connectivity index (χ2v) is 6.55. The average molecular weight is 264 g/mol. The fourth-order valence-electron chi connectivity index (χ4n) is 2.90. The van der Waals surface area contributed by atoms with Gasteiger partial charge in [0.2, 0.25) is 0 Å². The maximum atomic E-state index is 11.8. The third-order valence-corrected chi connectivity index (χ3v) is 4.83. The van der Waals surface area contributed by atoms with Gasteiger partial charge in [-0.05, 0) is 19.3 Å². The number of nitrogens with one attached hydrogen (secondary N) is 1. The highest BCUT2D eigenvalue weighted by Gasteiger charge is 2.39. The molecular formula is C10H22N3O3S+. The van der Waals surface area contributed by atoms with Gasteiger partial charge in [0, 0.05) is 6.61 Å². The number of quaternary nitrogens is 1. The van der Waals surface area contributed by atoms with Crippen molar-refractivity contribution < 1.29 is 18.1 Å². The summed E-state index contributed by atoms with van der Waals surface area (Å²) in [5.74, 6) is 0. The third kappa shape index (κ3) is 3.17. The molecule has 0 bridgehead atoms. The van der Waals surface area contributed by atoms with Crippen LogP contribution in [0.25, 0.3) is 0 Å². The minimum atomic E-state index is -3.63. The van der Waals surface area contributed by atoms with Crippen LogP contribution in [0.4, 0.5) is 0 Å². The van der Waals surface area contributed by atoms with Gasteiger partial charge < -0.3 is 9.64 Å². The fraction of sp³-hybridized carbons (Fsp3) is 1.00. The molecule has 3 atom stereocenters. The van der Waals surface area contributed by atoms with Crippen molar-refractivity contribution >= 4 is 10.2 Å². The molecule has 7 heteroatoms. The maximum Gasteiger partial charge on any atom is 0.277 e. The minimum Gasteiger partial charge on any atom is -0.380 e. The van der Waals surface area contributed by atoms with Crippen LogP contribution < -0.4 is 10.0 Å². The predicted molar refractivity (Wildman–Crippen MR) is 63.8 cm³/mol. The lowest BCUT2D eigenvalue weighted by Gasteiger charge is -2.36. The lowest BCUT2D eigenvalue weighted by molar-refractivity contribution is -0.886. The van der Waals surface area contributed by atoms with E-state index < -0.39 is 10.2 Å². The molecule has 0 aromatic carbocycles. The van der Waals surface area contributed by atoms with Gasteiger partial charge in [-0.1, -0.05) is 0 Å². The number of hydrogen-bond acceptors (Lipinski definition) is 3. The smallest absolute Gasteiger partial charge is 0.277 e. The van der Waals surface area contributed by atoms with E-state index >= 15 is 0 Å². The Balaban J connectivity index is 2.14. The molecule has 2 rings (SSSR count). The average Bonchev–Trinajstić information content (AvgIpc) is 2.69. The predicted octanol–water partition coefficient (Wildman–Crippen LogP) is -2.04. The monoisotopic (exact) mass is 264 g/mol. The quantitative estimate of drug-likeness (QED) is 0.616. The summed E-state index contributed by atoms with van der Waals surface area (Å²) in [6.45, 7) is 3.06. The minimum absolute atomic E-state index is 0.0328. The van der Waals surface area contributed by atoms with Crippen LogP contribution in [0.1, 0.15) is 19.3 Å². The summed E-state index contributed by atoms with van der Waals surface area (Å²) in [5, 5.41) is 5.37. The zero-order chi connectivity index (χ0) is 12.5. The van der Waals surface area contributed by atoms with Crippen molar-refractivity contribution in [3.8, 4) is 0 Å². The van der Waals surface area contributed by atoms with Crippen molar-refractivity contribution in [2.24, 2.45) is 5.14 Å². The molecule has 3 unspecified atom stereocenters. The van der Waals surface area contributed by atoms with Gasteiger partial charge in [-0.3, -0.25) is 0 Å². The van der Waals surface area contributed by atoms with Crippen LogP contribution >= 0.6 is 0 Å². The second-order valence-electron chi connectivity index (χ2n) is 5.10. The molecule has 2 aliphatic rings. The zero-order valence-corrected chi connectivity index (χ0v) is 11.1. The van der Waals surface area contributed by atoms with Crippen LogP contribution in [0, 0.1) is 0 Å². The van der Waals surface area contributed by atoms with Gasteiger partial charge in [-0.25, -0.2) is 5.14 Å². The highest BCUT2D eigenvalue weighted by atomic mass is 32.2. The molecule has 17 heavy (non-hydrogen) atoms. The largest absolute Gasteiger partial charge is 0.380 e. The molecule has 0 aromatic heterocycles. The molecule has 0 spiro atoms. The summed E-state index contributed by atoms with van der Waals surface area (Å²) in [4.78, 5) is 1.37. The number of rotatable bonds is 3. The van der Waals surface area contributed by atoms with Crippen LogP contribution in [0.15, 0.2) is 0 Å². The first kappa shape index (κ1) is 13.2. The van der Waals surface area contributed by atoms with Crippen molar-refractivity contribution in [3.63, 3.8) is 0 Å². The van der Waals surface area contributed by atoms with Gasteiger partial charge in [0.05, 0.1) is 38.8 Å². The number of hydrogen-bond donors (Lipinski definition) is 2. The maximum absolute atomic E-state index is 11.8. The molecule has 3 N–H and O–H groups in total. The Kier molecular flexibility index (Phi) is 4.04. The van der Waals surface area contributed by atoms with Crippen LogP contribution in [0.5, 0.6) is 0 Å². The molecular weight excluding hydrogens is 242 g/mol. The molecule has 0 saturated carbocycles. The molecule has 2 aliphatic heterocycles. The van der Waals surface area contributed by atoms with E-state index in [9.17, 15) is 8.42 Å². The molecule has 6 nitrogen and oxygen atoms in total. The molecule has 2 saturated heterocycles. The Morgan fingerprint density at radius 2 is 2.12 bits per heavy atom. The number of likely N-dealkylation sites (N-methyl/N-ethyl adjacent to an activating group) is 1. The van der Waals surface area contributed by atoms with Crippen LogP contribution in [-0.4, -0.2) is 58.2 Å². The Labute approximate surface area is 103 Å². The van der Waals surface area contributed by atoms with E-state index in [0.29, 0.717) is 13.2 Å². The van der Waals surface area contributed by atoms with Crippen molar-refractivity contribution in [3.05, 3.63) is 0 Å². The lowest BCUT2D eigenvalue weighted by atomic mass is 10.0. The van der Waals surface area contributed by atoms with Crippen LogP contribution in [-0.2, 0) is 14.9 Å². The molecule has 0 radical (unpaired) electrons. The molecule has 0 aromatic rings. The van der Waals surface area contributed by atoms with E-state index in [2.05, 4.69) is 7.05 Å². The number of nitrogens with two attached hydrogens (primary N) is 1. The number of piperidine rings is 1. The van der Waals surface area contributed by atoms with E-state index in [4.69, 9.17) is 9.88 Å². The standard InChI is InChI=1S/C10H21N3O3S/c1-12-5-2-3-9(7-12)13(17(11,14)15)10-4-6-16-8-10/h9-10H,2-8H2,1H3,(H2,11,14,15)/p+1. The first-order valence-electron chi connectivity index (χ1n) is 6.19. The first-order chi connectivity index (χ1) is 7.98. The highest BCUT2D eigenvalue weighted by Crippen LogP contribution is 2.20. The van der Waals surface area contributed by atoms with E-state index in [1.165, 1.54) is 9.21 Å².